The van der Waals surface area contributed by atoms with Crippen molar-refractivity contribution in [1.82, 2.24) is 9.97 Å². The van der Waals surface area contributed by atoms with Crippen molar-refractivity contribution in [2.24, 2.45) is 0 Å². The van der Waals surface area contributed by atoms with Crippen molar-refractivity contribution in [1.29, 1.82) is 0 Å². The quantitative estimate of drug-likeness (QED) is 0.146. The van der Waals surface area contributed by atoms with Gasteiger partial charge in [0.1, 0.15) is 0 Å². The molecule has 0 radical (unpaired) electrons. The van der Waals surface area contributed by atoms with Crippen LogP contribution in [0.15, 0.2) is 158 Å². The normalized spacial score (nSPS) is 11.8. The summed E-state index contributed by atoms with van der Waals surface area (Å²) in [5, 5.41) is 9.77. The zero-order valence-electron chi connectivity index (χ0n) is 25.3. The smallest absolute Gasteiger partial charge is 0.0972 e. The molecular weight excluding hydrogens is 589 g/mol. The number of aromatic nitrogens is 2. The summed E-state index contributed by atoms with van der Waals surface area (Å²) in [5.41, 5.74) is 8.36. The Labute approximate surface area is 275 Å². The van der Waals surface area contributed by atoms with Gasteiger partial charge < -0.3 is 0 Å². The Morgan fingerprint density at radius 1 is 0.319 bits per heavy atom. The molecule has 0 saturated carbocycles. The predicted molar refractivity (Wildman–Crippen MR) is 201 cm³/mol. The van der Waals surface area contributed by atoms with Crippen LogP contribution in [-0.4, -0.2) is 9.97 Å². The van der Waals surface area contributed by atoms with Gasteiger partial charge in [-0.25, -0.2) is 9.97 Å². The lowest BCUT2D eigenvalue weighted by molar-refractivity contribution is 1.37. The summed E-state index contributed by atoms with van der Waals surface area (Å²) >= 11 is 1.85. The SMILES string of the molecule is c1ccc2cc3cc(-c4ccc5ccc6ccc(-c7ccc(-c8ccc9sc%10ccccc%10c9c8)cc7)nc6c5n4)ccc3cc2c1. The first kappa shape index (κ1) is 26.3. The van der Waals surface area contributed by atoms with E-state index in [0.29, 0.717) is 0 Å². The van der Waals surface area contributed by atoms with Gasteiger partial charge in [-0.15, -0.1) is 11.3 Å². The Hall–Kier alpha value is -5.90. The third-order valence-electron chi connectivity index (χ3n) is 9.41. The van der Waals surface area contributed by atoms with Crippen molar-refractivity contribution < 1.29 is 0 Å². The number of fused-ring (bicyclic) bond motifs is 8. The third kappa shape index (κ3) is 4.39. The zero-order chi connectivity index (χ0) is 30.9. The number of nitrogens with zero attached hydrogens (tertiary/aromatic N) is 2. The molecule has 218 valence electrons. The molecule has 2 nitrogen and oxygen atoms in total. The molecule has 0 spiro atoms. The molecule has 0 bridgehead atoms. The standard InChI is InChI=1S/C44H26N2S/c1-2-6-32-24-36-25-35(16-15-33(36)23-31(32)5-1)40-21-18-30-14-13-29-17-20-39(45-43(29)44(30)46-40)28-11-9-27(10-12-28)34-19-22-42-38(26-34)37-7-3-4-8-41(37)47-42/h1-26H. The highest BCUT2D eigenvalue weighted by atomic mass is 32.1. The van der Waals surface area contributed by atoms with E-state index in [1.165, 1.54) is 52.8 Å². The highest BCUT2D eigenvalue weighted by Crippen LogP contribution is 2.37. The molecule has 47 heavy (non-hydrogen) atoms. The minimum atomic E-state index is 0.924. The zero-order valence-corrected chi connectivity index (χ0v) is 26.1. The van der Waals surface area contributed by atoms with E-state index in [1.54, 1.807) is 0 Å². The van der Waals surface area contributed by atoms with Gasteiger partial charge in [0.15, 0.2) is 0 Å². The Morgan fingerprint density at radius 2 is 0.851 bits per heavy atom. The van der Waals surface area contributed by atoms with E-state index in [-0.39, 0.29) is 0 Å². The molecule has 3 heterocycles. The first-order chi connectivity index (χ1) is 23.2. The molecule has 0 unspecified atom stereocenters. The average Bonchev–Trinajstić information content (AvgIpc) is 3.51. The van der Waals surface area contributed by atoms with Crippen LogP contribution < -0.4 is 0 Å². The van der Waals surface area contributed by atoms with Gasteiger partial charge in [0.05, 0.1) is 22.4 Å². The second-order valence-corrected chi connectivity index (χ2v) is 13.3. The maximum Gasteiger partial charge on any atom is 0.0972 e. The maximum atomic E-state index is 5.21. The largest absolute Gasteiger partial charge is 0.245 e. The lowest BCUT2D eigenvalue weighted by atomic mass is 9.99. The van der Waals surface area contributed by atoms with E-state index in [4.69, 9.17) is 9.97 Å². The Kier molecular flexibility index (Phi) is 5.78. The van der Waals surface area contributed by atoms with Crippen LogP contribution in [0.3, 0.4) is 0 Å². The molecule has 0 aliphatic carbocycles. The van der Waals surface area contributed by atoms with Crippen LogP contribution in [0, 0.1) is 0 Å². The Balaban J connectivity index is 1.03. The van der Waals surface area contributed by atoms with Crippen LogP contribution in [0.1, 0.15) is 0 Å². The average molecular weight is 615 g/mol. The van der Waals surface area contributed by atoms with Crippen LogP contribution in [0.25, 0.3) is 97.2 Å². The molecule has 0 aliphatic heterocycles. The van der Waals surface area contributed by atoms with Crippen molar-refractivity contribution in [3.63, 3.8) is 0 Å². The molecule has 0 saturated heterocycles. The molecule has 3 heteroatoms. The van der Waals surface area contributed by atoms with E-state index in [0.717, 1.165) is 44.3 Å². The summed E-state index contributed by atoms with van der Waals surface area (Å²) in [6.07, 6.45) is 0. The third-order valence-corrected chi connectivity index (χ3v) is 10.6. The second kappa shape index (κ2) is 10.3. The van der Waals surface area contributed by atoms with Gasteiger partial charge in [-0.1, -0.05) is 109 Å². The van der Waals surface area contributed by atoms with Crippen molar-refractivity contribution in [3.05, 3.63) is 158 Å². The summed E-state index contributed by atoms with van der Waals surface area (Å²) in [6.45, 7) is 0. The first-order valence-electron chi connectivity index (χ1n) is 15.9. The number of thiophene rings is 1. The number of hydrogen-bond donors (Lipinski definition) is 0. The summed E-state index contributed by atoms with van der Waals surface area (Å²) < 4.78 is 2.66. The van der Waals surface area contributed by atoms with E-state index in [1.807, 2.05) is 11.3 Å². The minimum absolute atomic E-state index is 0.924. The van der Waals surface area contributed by atoms with Crippen molar-refractivity contribution >= 4 is 74.9 Å². The molecule has 0 fully saturated rings. The second-order valence-electron chi connectivity index (χ2n) is 12.2. The van der Waals surface area contributed by atoms with Crippen molar-refractivity contribution in [2.45, 2.75) is 0 Å². The van der Waals surface area contributed by atoms with Gasteiger partial charge in [0.2, 0.25) is 0 Å². The highest BCUT2D eigenvalue weighted by Gasteiger charge is 2.11. The molecule has 7 aromatic carbocycles. The monoisotopic (exact) mass is 614 g/mol. The van der Waals surface area contributed by atoms with E-state index in [2.05, 4.69) is 158 Å². The Morgan fingerprint density at radius 3 is 1.62 bits per heavy atom. The van der Waals surface area contributed by atoms with Gasteiger partial charge in [-0.3, -0.25) is 0 Å². The van der Waals surface area contributed by atoms with E-state index >= 15 is 0 Å². The fraction of sp³-hybridized carbons (Fsp3) is 0. The maximum absolute atomic E-state index is 5.21. The number of hydrogen-bond acceptors (Lipinski definition) is 3. The Bertz CT molecular complexity index is 2850. The molecule has 0 N–H and O–H groups in total. The predicted octanol–water partition coefficient (Wildman–Crippen LogP) is 12.5. The van der Waals surface area contributed by atoms with Gasteiger partial charge in [0.25, 0.3) is 0 Å². The minimum Gasteiger partial charge on any atom is -0.245 e. The number of pyridine rings is 2. The van der Waals surface area contributed by atoms with Crippen LogP contribution >= 0.6 is 11.3 Å². The van der Waals surface area contributed by atoms with Crippen LogP contribution in [0.4, 0.5) is 0 Å². The fourth-order valence-corrected chi connectivity index (χ4v) is 8.01. The molecule has 0 aliphatic rings. The summed E-state index contributed by atoms with van der Waals surface area (Å²) in [6, 6.07) is 56.8. The fourth-order valence-electron chi connectivity index (χ4n) is 6.93. The number of rotatable bonds is 3. The van der Waals surface area contributed by atoms with Gasteiger partial charge in [-0.2, -0.15) is 0 Å². The van der Waals surface area contributed by atoms with Crippen LogP contribution in [0.2, 0.25) is 0 Å². The first-order valence-corrected chi connectivity index (χ1v) is 16.7. The lowest BCUT2D eigenvalue weighted by Crippen LogP contribution is -1.91. The summed E-state index contributed by atoms with van der Waals surface area (Å²) in [7, 11) is 0. The molecule has 3 aromatic heterocycles. The summed E-state index contributed by atoms with van der Waals surface area (Å²) in [5.74, 6) is 0. The van der Waals surface area contributed by atoms with E-state index in [9.17, 15) is 0 Å². The molecule has 10 rings (SSSR count). The molecule has 0 atom stereocenters. The highest BCUT2D eigenvalue weighted by molar-refractivity contribution is 7.25. The number of benzene rings is 7. The van der Waals surface area contributed by atoms with Gasteiger partial charge >= 0.3 is 0 Å². The molecule has 10 aromatic rings. The van der Waals surface area contributed by atoms with Crippen molar-refractivity contribution in [2.75, 3.05) is 0 Å². The van der Waals surface area contributed by atoms with Gasteiger partial charge in [0, 0.05) is 42.1 Å². The molecule has 0 amide bonds. The van der Waals surface area contributed by atoms with Crippen molar-refractivity contribution in [3.8, 4) is 33.6 Å². The molecular formula is C44H26N2S. The lowest BCUT2D eigenvalue weighted by Gasteiger charge is -2.10. The topological polar surface area (TPSA) is 25.8 Å². The van der Waals surface area contributed by atoms with Crippen LogP contribution in [-0.2, 0) is 0 Å². The van der Waals surface area contributed by atoms with Gasteiger partial charge in [-0.05, 0) is 81.2 Å². The summed E-state index contributed by atoms with van der Waals surface area (Å²) in [4.78, 5) is 10.4. The van der Waals surface area contributed by atoms with Crippen LogP contribution in [0.5, 0.6) is 0 Å². The van der Waals surface area contributed by atoms with E-state index < -0.39 is 0 Å².